The van der Waals surface area contributed by atoms with E-state index in [1.165, 1.54) is 4.90 Å². The molecule has 1 aromatic carbocycles. The number of hydrogen-bond donors (Lipinski definition) is 0. The molecule has 2 heterocycles. The summed E-state index contributed by atoms with van der Waals surface area (Å²) < 4.78 is 0. The van der Waals surface area contributed by atoms with E-state index in [1.807, 2.05) is 24.3 Å². The highest BCUT2D eigenvalue weighted by Gasteiger charge is 2.48. The Balaban J connectivity index is 1.34. The van der Waals surface area contributed by atoms with Crippen molar-refractivity contribution < 1.29 is 14.4 Å². The summed E-state index contributed by atoms with van der Waals surface area (Å²) in [5.74, 6) is -0.815. The molecule has 0 aromatic heterocycles. The van der Waals surface area contributed by atoms with Gasteiger partial charge in [0, 0.05) is 36.9 Å². The minimum Gasteiger partial charge on any atom is -0.368 e. The average Bonchev–Trinajstić information content (AvgIpc) is 2.93. The molecule has 4 rings (SSSR count). The van der Waals surface area contributed by atoms with Gasteiger partial charge in [-0.3, -0.25) is 19.3 Å². The molecule has 2 saturated heterocycles. The lowest BCUT2D eigenvalue weighted by Crippen LogP contribution is -2.52. The van der Waals surface area contributed by atoms with Crippen molar-refractivity contribution in [2.24, 2.45) is 11.8 Å². The second-order valence-corrected chi connectivity index (χ2v) is 8.04. The molecule has 1 aromatic rings. The molecule has 1 aliphatic carbocycles. The Morgan fingerprint density at radius 3 is 2.22 bits per heavy atom. The van der Waals surface area contributed by atoms with E-state index in [-0.39, 0.29) is 36.1 Å². The van der Waals surface area contributed by atoms with Crippen molar-refractivity contribution in [3.8, 4) is 0 Å². The number of imide groups is 1. The van der Waals surface area contributed by atoms with Gasteiger partial charge >= 0.3 is 0 Å². The van der Waals surface area contributed by atoms with Crippen LogP contribution in [0.1, 0.15) is 25.7 Å². The number of anilines is 1. The molecule has 0 spiro atoms. The summed E-state index contributed by atoms with van der Waals surface area (Å²) in [5.41, 5.74) is 1.04. The molecule has 1 saturated carbocycles. The maximum atomic E-state index is 12.7. The molecule has 2 atom stereocenters. The highest BCUT2D eigenvalue weighted by Crippen LogP contribution is 2.37. The lowest BCUT2D eigenvalue weighted by Gasteiger charge is -2.36. The SMILES string of the molecule is O=C(CN1C(=O)C2CCCCC2C1=O)N1CCN(c2cccc(Cl)c2)CC1. The zero-order valence-corrected chi connectivity index (χ0v) is 16.0. The predicted molar refractivity (Wildman–Crippen MR) is 102 cm³/mol. The van der Waals surface area contributed by atoms with Crippen LogP contribution >= 0.6 is 11.6 Å². The van der Waals surface area contributed by atoms with Crippen molar-refractivity contribution in [3.63, 3.8) is 0 Å². The van der Waals surface area contributed by atoms with Crippen molar-refractivity contribution in [1.82, 2.24) is 9.80 Å². The highest BCUT2D eigenvalue weighted by molar-refractivity contribution is 6.30. The second kappa shape index (κ2) is 7.50. The van der Waals surface area contributed by atoms with Gasteiger partial charge in [0.1, 0.15) is 6.54 Å². The van der Waals surface area contributed by atoms with Crippen molar-refractivity contribution in [1.29, 1.82) is 0 Å². The molecule has 0 bridgehead atoms. The Morgan fingerprint density at radius 1 is 1.00 bits per heavy atom. The summed E-state index contributed by atoms with van der Waals surface area (Å²) in [5, 5.41) is 0.693. The normalized spacial score (nSPS) is 25.7. The zero-order chi connectivity index (χ0) is 19.0. The van der Waals surface area contributed by atoms with Crippen LogP contribution in [-0.4, -0.2) is 60.2 Å². The lowest BCUT2D eigenvalue weighted by atomic mass is 9.81. The Labute approximate surface area is 164 Å². The van der Waals surface area contributed by atoms with E-state index < -0.39 is 0 Å². The number of hydrogen-bond acceptors (Lipinski definition) is 4. The summed E-state index contributed by atoms with van der Waals surface area (Å²) >= 11 is 6.06. The second-order valence-electron chi connectivity index (χ2n) is 7.61. The third kappa shape index (κ3) is 3.55. The zero-order valence-electron chi connectivity index (χ0n) is 15.3. The van der Waals surface area contributed by atoms with E-state index in [1.54, 1.807) is 4.90 Å². The maximum absolute atomic E-state index is 12.7. The number of carbonyl (C=O) groups is 3. The molecule has 7 heteroatoms. The number of likely N-dealkylation sites (tertiary alicyclic amines) is 1. The van der Waals surface area contributed by atoms with Gasteiger partial charge in [0.2, 0.25) is 17.7 Å². The van der Waals surface area contributed by atoms with Gasteiger partial charge in [-0.25, -0.2) is 0 Å². The van der Waals surface area contributed by atoms with Gasteiger partial charge in [0.05, 0.1) is 11.8 Å². The van der Waals surface area contributed by atoms with Crippen molar-refractivity contribution in [2.45, 2.75) is 25.7 Å². The number of rotatable bonds is 3. The number of nitrogens with zero attached hydrogens (tertiary/aromatic N) is 3. The summed E-state index contributed by atoms with van der Waals surface area (Å²) in [6.07, 6.45) is 3.54. The standard InChI is InChI=1S/C20H24ClN3O3/c21-14-4-3-5-15(12-14)22-8-10-23(11-9-22)18(25)13-24-19(26)16-6-1-2-7-17(16)20(24)27/h3-5,12,16-17H,1-2,6-11,13H2. The maximum Gasteiger partial charge on any atom is 0.242 e. The molecule has 0 radical (unpaired) electrons. The average molecular weight is 390 g/mol. The molecule has 3 amide bonds. The quantitative estimate of drug-likeness (QED) is 0.743. The third-order valence-electron chi connectivity index (χ3n) is 6.03. The summed E-state index contributed by atoms with van der Waals surface area (Å²) in [6, 6.07) is 7.68. The molecule has 3 fully saturated rings. The molecule has 2 aliphatic heterocycles. The van der Waals surface area contributed by atoms with E-state index >= 15 is 0 Å². The lowest BCUT2D eigenvalue weighted by molar-refractivity contribution is -0.146. The Bertz CT molecular complexity index is 737. The van der Waals surface area contributed by atoms with Gasteiger partial charge in [-0.1, -0.05) is 30.5 Å². The monoisotopic (exact) mass is 389 g/mol. The molecule has 2 unspecified atom stereocenters. The van der Waals surface area contributed by atoms with Gasteiger partial charge in [-0.15, -0.1) is 0 Å². The Kier molecular flexibility index (Phi) is 5.08. The predicted octanol–water partition coefficient (Wildman–Crippen LogP) is 2.16. The Hall–Kier alpha value is -2.08. The first-order valence-electron chi connectivity index (χ1n) is 9.68. The number of carbonyl (C=O) groups excluding carboxylic acids is 3. The fraction of sp³-hybridized carbons (Fsp3) is 0.550. The van der Waals surface area contributed by atoms with Gasteiger partial charge in [0.25, 0.3) is 0 Å². The van der Waals surface area contributed by atoms with Crippen LogP contribution in [0.15, 0.2) is 24.3 Å². The minimum absolute atomic E-state index is 0.109. The van der Waals surface area contributed by atoms with Crippen LogP contribution in [0.25, 0.3) is 0 Å². The van der Waals surface area contributed by atoms with Crippen LogP contribution in [0, 0.1) is 11.8 Å². The summed E-state index contributed by atoms with van der Waals surface area (Å²) in [7, 11) is 0. The van der Waals surface area contributed by atoms with Gasteiger partial charge < -0.3 is 9.80 Å². The molecule has 6 nitrogen and oxygen atoms in total. The molecule has 3 aliphatic rings. The van der Waals surface area contributed by atoms with Crippen LogP contribution in [0.5, 0.6) is 0 Å². The Morgan fingerprint density at radius 2 is 1.63 bits per heavy atom. The minimum atomic E-state index is -0.196. The first kappa shape index (κ1) is 18.3. The first-order valence-corrected chi connectivity index (χ1v) is 10.1. The largest absolute Gasteiger partial charge is 0.368 e. The van der Waals surface area contributed by atoms with Crippen molar-refractivity contribution in [2.75, 3.05) is 37.6 Å². The van der Waals surface area contributed by atoms with Gasteiger partial charge in [-0.05, 0) is 31.0 Å². The molecule has 144 valence electrons. The first-order chi connectivity index (χ1) is 13.0. The molecular weight excluding hydrogens is 366 g/mol. The van der Waals surface area contributed by atoms with Crippen molar-refractivity contribution >= 4 is 35.0 Å². The van der Waals surface area contributed by atoms with Crippen LogP contribution in [0.2, 0.25) is 5.02 Å². The van der Waals surface area contributed by atoms with Crippen molar-refractivity contribution in [3.05, 3.63) is 29.3 Å². The van der Waals surface area contributed by atoms with Gasteiger partial charge in [0.15, 0.2) is 0 Å². The molecular formula is C20H24ClN3O3. The number of fused-ring (bicyclic) bond motifs is 1. The third-order valence-corrected chi connectivity index (χ3v) is 6.27. The van der Waals surface area contributed by atoms with Crippen LogP contribution in [-0.2, 0) is 14.4 Å². The van der Waals surface area contributed by atoms with E-state index in [0.717, 1.165) is 31.4 Å². The fourth-order valence-electron chi connectivity index (χ4n) is 4.51. The topological polar surface area (TPSA) is 60.9 Å². The van der Waals surface area contributed by atoms with Crippen LogP contribution in [0.4, 0.5) is 5.69 Å². The van der Waals surface area contributed by atoms with E-state index in [2.05, 4.69) is 4.90 Å². The summed E-state index contributed by atoms with van der Waals surface area (Å²) in [6.45, 7) is 2.46. The number of amides is 3. The highest BCUT2D eigenvalue weighted by atomic mass is 35.5. The van der Waals surface area contributed by atoms with E-state index in [0.29, 0.717) is 31.2 Å². The number of piperazine rings is 1. The van der Waals surface area contributed by atoms with E-state index in [9.17, 15) is 14.4 Å². The molecule has 0 N–H and O–H groups in total. The van der Waals surface area contributed by atoms with Crippen LogP contribution in [0.3, 0.4) is 0 Å². The van der Waals surface area contributed by atoms with Gasteiger partial charge in [-0.2, -0.15) is 0 Å². The fourth-order valence-corrected chi connectivity index (χ4v) is 4.69. The summed E-state index contributed by atoms with van der Waals surface area (Å²) in [4.78, 5) is 42.9. The van der Waals surface area contributed by atoms with E-state index in [4.69, 9.17) is 11.6 Å². The molecule has 27 heavy (non-hydrogen) atoms. The van der Waals surface area contributed by atoms with Crippen LogP contribution < -0.4 is 4.90 Å². The smallest absolute Gasteiger partial charge is 0.242 e. The number of benzene rings is 1. The number of halogens is 1.